The van der Waals surface area contributed by atoms with Crippen LogP contribution in [-0.2, 0) is 4.79 Å². The Morgan fingerprint density at radius 2 is 1.83 bits per heavy atom. The third kappa shape index (κ3) is 3.30. The number of fused-ring (bicyclic) bond motifs is 5. The molecule has 30 heavy (non-hydrogen) atoms. The molecule has 0 aliphatic heterocycles. The van der Waals surface area contributed by atoms with Gasteiger partial charge in [0, 0.05) is 0 Å². The molecular formula is C29H44O. The summed E-state index contributed by atoms with van der Waals surface area (Å²) in [6.45, 7) is 14.4. The highest BCUT2D eigenvalue weighted by molar-refractivity contribution is 5.99. The fourth-order valence-electron chi connectivity index (χ4n) is 8.44. The van der Waals surface area contributed by atoms with Gasteiger partial charge in [0.05, 0.1) is 5.41 Å². The number of ketones is 1. The van der Waals surface area contributed by atoms with Crippen LogP contribution in [0.1, 0.15) is 86.5 Å². The normalized spacial score (nSPS) is 42.6. The molecule has 0 amide bonds. The van der Waals surface area contributed by atoms with E-state index in [-0.39, 0.29) is 5.41 Å². The van der Waals surface area contributed by atoms with Crippen LogP contribution in [-0.4, -0.2) is 5.78 Å². The molecule has 0 heterocycles. The van der Waals surface area contributed by atoms with Crippen molar-refractivity contribution in [1.29, 1.82) is 0 Å². The Kier molecular flexibility index (Phi) is 5.97. The molecule has 0 aromatic carbocycles. The average molecular weight is 409 g/mol. The van der Waals surface area contributed by atoms with E-state index in [2.05, 4.69) is 59.8 Å². The van der Waals surface area contributed by atoms with Gasteiger partial charge in [0.2, 0.25) is 0 Å². The lowest BCUT2D eigenvalue weighted by Crippen LogP contribution is -2.52. The summed E-state index contributed by atoms with van der Waals surface area (Å²) in [5.74, 6) is 5.39. The molecule has 166 valence electrons. The summed E-state index contributed by atoms with van der Waals surface area (Å²) in [5, 5.41) is 0. The standard InChI is InChI=1S/C29H44O/c1-7-21(19(2)3)12-11-20(4)24-15-16-25-23-14-13-22-9-8-10-27(30)29(22,6)26(23)17-18-28(24,25)5/h8-12,19-21,23-26H,7,13-18H2,1-6H3/b12-11+/t20-,21-,23+,24-,25+,26+,28-,29+/m1/s1. The second-order valence-electron chi connectivity index (χ2n) is 11.8. The van der Waals surface area contributed by atoms with E-state index in [4.69, 9.17) is 0 Å². The molecule has 0 saturated heterocycles. The minimum atomic E-state index is -0.214. The van der Waals surface area contributed by atoms with Crippen LogP contribution in [0.5, 0.6) is 0 Å². The summed E-state index contributed by atoms with van der Waals surface area (Å²) in [6, 6.07) is 0. The van der Waals surface area contributed by atoms with Crippen molar-refractivity contribution in [3.05, 3.63) is 36.0 Å². The van der Waals surface area contributed by atoms with E-state index in [9.17, 15) is 4.79 Å². The third-order valence-corrected chi connectivity index (χ3v) is 10.3. The van der Waals surface area contributed by atoms with Gasteiger partial charge in [0.1, 0.15) is 0 Å². The van der Waals surface area contributed by atoms with Crippen LogP contribution in [0.2, 0.25) is 0 Å². The van der Waals surface area contributed by atoms with Gasteiger partial charge in [0.15, 0.2) is 5.78 Å². The largest absolute Gasteiger partial charge is 0.294 e. The SMILES string of the molecule is CC[C@H](/C=C/[C@@H](C)[C@H]1CC[C@H]2[C@@H]3CCC4=CC=CC(=O)[C@]4(C)[C@H]3CC[C@]12C)C(C)C. The van der Waals surface area contributed by atoms with Crippen molar-refractivity contribution in [1.82, 2.24) is 0 Å². The Bertz CT molecular complexity index is 754. The minimum absolute atomic E-state index is 0.214. The van der Waals surface area contributed by atoms with Gasteiger partial charge in [-0.1, -0.05) is 64.5 Å². The van der Waals surface area contributed by atoms with E-state index in [1.165, 1.54) is 44.1 Å². The number of carbonyl (C=O) groups excluding carboxylic acids is 1. The first-order chi connectivity index (χ1) is 14.2. The molecule has 8 atom stereocenters. The van der Waals surface area contributed by atoms with Gasteiger partial charge < -0.3 is 0 Å². The molecule has 0 unspecified atom stereocenters. The molecule has 0 N–H and O–H groups in total. The number of hydrogen-bond acceptors (Lipinski definition) is 1. The van der Waals surface area contributed by atoms with E-state index >= 15 is 0 Å². The molecule has 0 aromatic heterocycles. The van der Waals surface area contributed by atoms with Crippen molar-refractivity contribution in [2.45, 2.75) is 86.5 Å². The summed E-state index contributed by atoms with van der Waals surface area (Å²) in [6.07, 6.45) is 20.2. The second-order valence-corrected chi connectivity index (χ2v) is 11.8. The van der Waals surface area contributed by atoms with E-state index in [0.29, 0.717) is 29.0 Å². The molecule has 0 spiro atoms. The zero-order chi connectivity index (χ0) is 21.7. The van der Waals surface area contributed by atoms with E-state index in [1.54, 1.807) is 0 Å². The highest BCUT2D eigenvalue weighted by atomic mass is 16.1. The van der Waals surface area contributed by atoms with Crippen LogP contribution < -0.4 is 0 Å². The minimum Gasteiger partial charge on any atom is -0.294 e. The smallest absolute Gasteiger partial charge is 0.165 e. The van der Waals surface area contributed by atoms with Gasteiger partial charge in [-0.3, -0.25) is 4.79 Å². The Hall–Kier alpha value is -1.11. The molecule has 0 bridgehead atoms. The fraction of sp³-hybridized carbons (Fsp3) is 0.759. The molecule has 4 aliphatic carbocycles. The summed E-state index contributed by atoms with van der Waals surface area (Å²) >= 11 is 0. The van der Waals surface area contributed by atoms with Gasteiger partial charge in [0.25, 0.3) is 0 Å². The Morgan fingerprint density at radius 1 is 1.07 bits per heavy atom. The molecule has 4 rings (SSSR count). The van der Waals surface area contributed by atoms with Crippen molar-refractivity contribution in [2.75, 3.05) is 0 Å². The number of rotatable bonds is 5. The molecule has 4 aliphatic rings. The zero-order valence-electron chi connectivity index (χ0n) is 20.3. The lowest BCUT2D eigenvalue weighted by atomic mass is 9.46. The number of hydrogen-bond donors (Lipinski definition) is 0. The summed E-state index contributed by atoms with van der Waals surface area (Å²) in [4.78, 5) is 13.0. The topological polar surface area (TPSA) is 17.1 Å². The summed E-state index contributed by atoms with van der Waals surface area (Å²) in [7, 11) is 0. The monoisotopic (exact) mass is 408 g/mol. The summed E-state index contributed by atoms with van der Waals surface area (Å²) < 4.78 is 0. The van der Waals surface area contributed by atoms with Gasteiger partial charge in [-0.25, -0.2) is 0 Å². The van der Waals surface area contributed by atoms with Crippen LogP contribution in [0.3, 0.4) is 0 Å². The van der Waals surface area contributed by atoms with Crippen molar-refractivity contribution in [2.24, 2.45) is 52.3 Å². The maximum atomic E-state index is 13.0. The van der Waals surface area contributed by atoms with Gasteiger partial charge in [-0.05, 0) is 105 Å². The van der Waals surface area contributed by atoms with Crippen molar-refractivity contribution in [3.8, 4) is 0 Å². The Morgan fingerprint density at radius 3 is 2.53 bits per heavy atom. The highest BCUT2D eigenvalue weighted by Gasteiger charge is 2.60. The third-order valence-electron chi connectivity index (χ3n) is 10.3. The van der Waals surface area contributed by atoms with Gasteiger partial charge >= 0.3 is 0 Å². The van der Waals surface area contributed by atoms with Crippen LogP contribution in [0.4, 0.5) is 0 Å². The van der Waals surface area contributed by atoms with E-state index < -0.39 is 0 Å². The van der Waals surface area contributed by atoms with Crippen LogP contribution >= 0.6 is 0 Å². The molecule has 1 nitrogen and oxygen atoms in total. The second kappa shape index (κ2) is 8.10. The summed E-state index contributed by atoms with van der Waals surface area (Å²) in [5.41, 5.74) is 1.66. The van der Waals surface area contributed by atoms with Crippen LogP contribution in [0.25, 0.3) is 0 Å². The molecule has 1 heteroatoms. The first-order valence-corrected chi connectivity index (χ1v) is 12.8. The zero-order valence-corrected chi connectivity index (χ0v) is 20.3. The predicted molar refractivity (Wildman–Crippen MR) is 127 cm³/mol. The van der Waals surface area contributed by atoms with E-state index in [0.717, 1.165) is 30.1 Å². The molecule has 3 fully saturated rings. The highest BCUT2D eigenvalue weighted by Crippen LogP contribution is 2.66. The lowest BCUT2D eigenvalue weighted by Gasteiger charge is -2.57. The van der Waals surface area contributed by atoms with Crippen molar-refractivity contribution in [3.63, 3.8) is 0 Å². The quantitative estimate of drug-likeness (QED) is 0.424. The van der Waals surface area contributed by atoms with Gasteiger partial charge in [-0.15, -0.1) is 0 Å². The predicted octanol–water partition coefficient (Wildman–Crippen LogP) is 7.79. The van der Waals surface area contributed by atoms with Crippen LogP contribution in [0.15, 0.2) is 36.0 Å². The molecule has 3 saturated carbocycles. The maximum Gasteiger partial charge on any atom is 0.165 e. The molecule has 0 radical (unpaired) electrons. The fourth-order valence-corrected chi connectivity index (χ4v) is 8.44. The Labute approximate surface area is 185 Å². The van der Waals surface area contributed by atoms with Crippen molar-refractivity contribution >= 4 is 5.78 Å². The molecule has 0 aromatic rings. The number of allylic oxidation sites excluding steroid dienone is 6. The number of carbonyl (C=O) groups is 1. The first-order valence-electron chi connectivity index (χ1n) is 12.8. The maximum absolute atomic E-state index is 13.0. The lowest BCUT2D eigenvalue weighted by molar-refractivity contribution is -0.131. The molecular weight excluding hydrogens is 364 g/mol. The average Bonchev–Trinajstić information content (AvgIpc) is 3.06. The van der Waals surface area contributed by atoms with Crippen molar-refractivity contribution < 1.29 is 4.79 Å². The Balaban J connectivity index is 1.54. The van der Waals surface area contributed by atoms with Crippen LogP contribution in [0, 0.1) is 52.3 Å². The van der Waals surface area contributed by atoms with Gasteiger partial charge in [-0.2, -0.15) is 0 Å². The first kappa shape index (κ1) is 22.1. The van der Waals surface area contributed by atoms with E-state index in [1.807, 2.05) is 12.2 Å².